The number of fused-ring (bicyclic) bond motifs is 9. The first kappa shape index (κ1) is 30.5. The van der Waals surface area contributed by atoms with Crippen molar-refractivity contribution >= 4 is 21.7 Å². The van der Waals surface area contributed by atoms with E-state index < -0.39 is 0 Å². The molecular formula is C50H36N2. The molecule has 0 fully saturated rings. The van der Waals surface area contributed by atoms with Crippen molar-refractivity contribution in [1.82, 2.24) is 4.98 Å². The number of hydrogen-bond donors (Lipinski definition) is 0. The summed E-state index contributed by atoms with van der Waals surface area (Å²) in [7, 11) is 0. The number of nitriles is 1. The standard InChI is InChI=1S/C50H36N2/c1-49(2)43-15-9-7-12-35(43)37-23-21-32(25-45(37)49)40-27-42-41(31-19-17-30(29-51)18-20-31)28-47(52-48(42)39-14-6-5-11-34(39)40)33-22-24-38-36-13-8-10-16-44(36)50(3,4)46(38)26-33/h5-28H,1-4H3. The second-order valence-corrected chi connectivity index (χ2v) is 15.5. The van der Waals surface area contributed by atoms with Crippen molar-refractivity contribution in [2.24, 2.45) is 0 Å². The maximum atomic E-state index is 9.63. The van der Waals surface area contributed by atoms with Gasteiger partial charge in [-0.05, 0) is 109 Å². The van der Waals surface area contributed by atoms with E-state index in [0.717, 1.165) is 38.7 Å². The number of rotatable bonds is 3. The summed E-state index contributed by atoms with van der Waals surface area (Å²) in [5.41, 5.74) is 18.7. The molecule has 2 nitrogen and oxygen atoms in total. The van der Waals surface area contributed by atoms with Crippen LogP contribution in [0.2, 0.25) is 0 Å². The van der Waals surface area contributed by atoms with Crippen LogP contribution in [-0.4, -0.2) is 4.98 Å². The molecule has 7 aromatic carbocycles. The predicted molar refractivity (Wildman–Crippen MR) is 215 cm³/mol. The summed E-state index contributed by atoms with van der Waals surface area (Å²) in [5, 5.41) is 13.0. The number of aromatic nitrogens is 1. The molecule has 0 unspecified atom stereocenters. The minimum absolute atomic E-state index is 0.0928. The summed E-state index contributed by atoms with van der Waals surface area (Å²) in [6, 6.07) is 55.1. The third-order valence-corrected chi connectivity index (χ3v) is 11.9. The zero-order chi connectivity index (χ0) is 35.4. The molecule has 10 rings (SSSR count). The lowest BCUT2D eigenvalue weighted by Crippen LogP contribution is -2.15. The van der Waals surface area contributed by atoms with Gasteiger partial charge >= 0.3 is 0 Å². The Hall–Kier alpha value is -6.30. The average Bonchev–Trinajstić information content (AvgIpc) is 3.56. The highest BCUT2D eigenvalue weighted by atomic mass is 14.7. The summed E-state index contributed by atoms with van der Waals surface area (Å²) in [6.45, 7) is 9.33. The first-order valence-electron chi connectivity index (χ1n) is 18.1. The molecule has 0 spiro atoms. The van der Waals surface area contributed by atoms with Gasteiger partial charge in [0, 0.05) is 27.2 Å². The summed E-state index contributed by atoms with van der Waals surface area (Å²) in [4.78, 5) is 5.51. The molecule has 0 saturated carbocycles. The Balaban J connectivity index is 1.22. The zero-order valence-corrected chi connectivity index (χ0v) is 29.8. The Bertz CT molecular complexity index is 2850. The largest absolute Gasteiger partial charge is 0.247 e. The molecule has 8 aromatic rings. The van der Waals surface area contributed by atoms with E-state index >= 15 is 0 Å². The van der Waals surface area contributed by atoms with Crippen molar-refractivity contribution < 1.29 is 0 Å². The van der Waals surface area contributed by atoms with Crippen molar-refractivity contribution in [3.05, 3.63) is 173 Å². The van der Waals surface area contributed by atoms with Crippen LogP contribution in [0.15, 0.2) is 146 Å². The lowest BCUT2D eigenvalue weighted by molar-refractivity contribution is 0.660. The Kier molecular flexibility index (Phi) is 6.37. The average molecular weight is 665 g/mol. The molecule has 2 aliphatic rings. The second kappa shape index (κ2) is 10.8. The van der Waals surface area contributed by atoms with Gasteiger partial charge in [0.15, 0.2) is 0 Å². The van der Waals surface area contributed by atoms with Crippen LogP contribution in [0.25, 0.3) is 77.4 Å². The molecule has 0 bridgehead atoms. The van der Waals surface area contributed by atoms with Gasteiger partial charge in [-0.3, -0.25) is 0 Å². The summed E-state index contributed by atoms with van der Waals surface area (Å²) in [6.07, 6.45) is 0. The Labute approximate surface area is 304 Å². The third-order valence-electron chi connectivity index (χ3n) is 11.9. The van der Waals surface area contributed by atoms with E-state index in [4.69, 9.17) is 4.98 Å². The van der Waals surface area contributed by atoms with Gasteiger partial charge in [-0.2, -0.15) is 5.26 Å². The van der Waals surface area contributed by atoms with Crippen LogP contribution >= 0.6 is 0 Å². The highest BCUT2D eigenvalue weighted by Crippen LogP contribution is 2.52. The molecule has 0 saturated heterocycles. The minimum Gasteiger partial charge on any atom is -0.247 e. The highest BCUT2D eigenvalue weighted by molar-refractivity contribution is 6.16. The van der Waals surface area contributed by atoms with Gasteiger partial charge in [-0.15, -0.1) is 0 Å². The molecule has 2 aliphatic carbocycles. The number of hydrogen-bond acceptors (Lipinski definition) is 2. The molecular weight excluding hydrogens is 629 g/mol. The molecule has 0 atom stereocenters. The lowest BCUT2D eigenvalue weighted by Gasteiger charge is -2.22. The summed E-state index contributed by atoms with van der Waals surface area (Å²) in [5.74, 6) is 0. The van der Waals surface area contributed by atoms with E-state index in [-0.39, 0.29) is 10.8 Å². The zero-order valence-electron chi connectivity index (χ0n) is 29.8. The van der Waals surface area contributed by atoms with Gasteiger partial charge in [0.2, 0.25) is 0 Å². The molecule has 0 N–H and O–H groups in total. The third kappa shape index (κ3) is 4.26. The maximum Gasteiger partial charge on any atom is 0.0991 e. The van der Waals surface area contributed by atoms with E-state index in [9.17, 15) is 5.26 Å². The van der Waals surface area contributed by atoms with Crippen molar-refractivity contribution in [3.63, 3.8) is 0 Å². The monoisotopic (exact) mass is 664 g/mol. The van der Waals surface area contributed by atoms with Gasteiger partial charge in [-0.25, -0.2) is 4.98 Å². The fourth-order valence-corrected chi connectivity index (χ4v) is 9.14. The van der Waals surface area contributed by atoms with E-state index in [1.807, 2.05) is 12.1 Å². The van der Waals surface area contributed by atoms with Crippen LogP contribution in [0.5, 0.6) is 0 Å². The maximum absolute atomic E-state index is 9.63. The predicted octanol–water partition coefficient (Wildman–Crippen LogP) is 12.9. The van der Waals surface area contributed by atoms with Gasteiger partial charge in [0.1, 0.15) is 0 Å². The summed E-state index contributed by atoms with van der Waals surface area (Å²) < 4.78 is 0. The first-order valence-corrected chi connectivity index (χ1v) is 18.1. The van der Waals surface area contributed by atoms with Crippen LogP contribution in [0.4, 0.5) is 0 Å². The van der Waals surface area contributed by atoms with Gasteiger partial charge in [0.25, 0.3) is 0 Å². The van der Waals surface area contributed by atoms with Crippen LogP contribution in [0, 0.1) is 11.3 Å². The van der Waals surface area contributed by atoms with Crippen LogP contribution < -0.4 is 0 Å². The molecule has 0 aliphatic heterocycles. The van der Waals surface area contributed by atoms with E-state index in [1.54, 1.807) is 0 Å². The molecule has 1 aromatic heterocycles. The minimum atomic E-state index is -0.109. The topological polar surface area (TPSA) is 36.7 Å². The van der Waals surface area contributed by atoms with Crippen molar-refractivity contribution in [2.75, 3.05) is 0 Å². The molecule has 0 radical (unpaired) electrons. The van der Waals surface area contributed by atoms with Crippen molar-refractivity contribution in [1.29, 1.82) is 5.26 Å². The SMILES string of the molecule is CC1(C)c2ccccc2-c2ccc(-c3cc(-c4ccc(C#N)cc4)c4cc(-c5ccc6c(c5)C(C)(C)c5ccccc5-6)c5ccccc5c4n3)cc21. The smallest absolute Gasteiger partial charge is 0.0991 e. The molecule has 2 heteroatoms. The van der Waals surface area contributed by atoms with Crippen molar-refractivity contribution in [2.45, 2.75) is 38.5 Å². The fraction of sp³-hybridized carbons (Fsp3) is 0.120. The number of pyridine rings is 1. The summed E-state index contributed by atoms with van der Waals surface area (Å²) >= 11 is 0. The van der Waals surface area contributed by atoms with Gasteiger partial charge in [0.05, 0.1) is 22.8 Å². The highest BCUT2D eigenvalue weighted by Gasteiger charge is 2.36. The molecule has 52 heavy (non-hydrogen) atoms. The molecule has 246 valence electrons. The number of benzene rings is 7. The van der Waals surface area contributed by atoms with E-state index in [2.05, 4.69) is 167 Å². The van der Waals surface area contributed by atoms with E-state index in [0.29, 0.717) is 5.56 Å². The first-order chi connectivity index (χ1) is 25.2. The number of nitrogens with zero attached hydrogens (tertiary/aromatic N) is 2. The van der Waals surface area contributed by atoms with Gasteiger partial charge < -0.3 is 0 Å². The van der Waals surface area contributed by atoms with Crippen molar-refractivity contribution in [3.8, 4) is 61.8 Å². The Morgan fingerprint density at radius 2 is 0.923 bits per heavy atom. The van der Waals surface area contributed by atoms with E-state index in [1.165, 1.54) is 61.0 Å². The van der Waals surface area contributed by atoms with Crippen LogP contribution in [0.1, 0.15) is 55.5 Å². The van der Waals surface area contributed by atoms with Gasteiger partial charge in [-0.1, -0.05) is 137 Å². The lowest BCUT2D eigenvalue weighted by atomic mass is 9.81. The molecule has 0 amide bonds. The molecule has 1 heterocycles. The Morgan fingerprint density at radius 1 is 0.423 bits per heavy atom. The van der Waals surface area contributed by atoms with Crippen LogP contribution in [0.3, 0.4) is 0 Å². The fourth-order valence-electron chi connectivity index (χ4n) is 9.14. The van der Waals surface area contributed by atoms with Crippen LogP contribution in [-0.2, 0) is 10.8 Å². The second-order valence-electron chi connectivity index (χ2n) is 15.5. The Morgan fingerprint density at radius 3 is 1.56 bits per heavy atom. The normalized spacial score (nSPS) is 14.4. The quantitative estimate of drug-likeness (QED) is 0.176.